The molecule has 296 valence electrons. The molecule has 0 spiro atoms. The quantitative estimate of drug-likeness (QED) is 0.258. The maximum absolute atomic E-state index is 7.25. The fraction of sp³-hybridized carbons (Fsp3) is 0.500. The first-order chi connectivity index (χ1) is 23.2. The minimum atomic E-state index is 0. The van der Waals surface area contributed by atoms with Gasteiger partial charge in [0.15, 0.2) is 0 Å². The van der Waals surface area contributed by atoms with Crippen LogP contribution in [0.2, 0.25) is 0 Å². The first-order valence-electron chi connectivity index (χ1n) is 12.4. The SMILES string of the molecule is CC(C)c1ncc[n-]1.CC(C)c1ncc[n-]1.CC(C)c1ncc[n-]1.CC(C)c1ncc[n-]1.[Fe].[Fe].[Fe].[Fe].[N]=O.[N]=O.[N]=O.[N]=O.[N]=O.[N]=O.[N]=O.[N]=O. The fourth-order valence-electron chi connectivity index (χ4n) is 2.20. The number of imidazole rings is 4. The van der Waals surface area contributed by atoms with E-state index in [9.17, 15) is 0 Å². The van der Waals surface area contributed by atoms with E-state index < -0.39 is 0 Å². The number of hydrogen-bond acceptors (Lipinski definition) is 12. The van der Waals surface area contributed by atoms with Crippen LogP contribution in [0.3, 0.4) is 0 Å². The summed E-state index contributed by atoms with van der Waals surface area (Å²) in [6.45, 7) is 16.6. The molecule has 4 aromatic rings. The van der Waals surface area contributed by atoms with E-state index in [0.29, 0.717) is 23.7 Å². The van der Waals surface area contributed by atoms with Gasteiger partial charge in [-0.1, -0.05) is 128 Å². The van der Waals surface area contributed by atoms with Crippen LogP contribution in [0.1, 0.15) is 102 Å². The van der Waals surface area contributed by atoms with Gasteiger partial charge in [-0.15, -0.1) is 39.3 Å². The zero-order chi connectivity index (χ0) is 39.9. The molecule has 0 atom stereocenters. The third kappa shape index (κ3) is 58.0. The van der Waals surface area contributed by atoms with Crippen LogP contribution in [0.5, 0.6) is 0 Å². The second kappa shape index (κ2) is 76.5. The molecule has 4 rings (SSSR count). The smallest absolute Gasteiger partial charge is 0.120 e. The first kappa shape index (κ1) is 81.6. The van der Waals surface area contributed by atoms with Crippen molar-refractivity contribution >= 4 is 0 Å². The van der Waals surface area contributed by atoms with Crippen LogP contribution < -0.4 is 64.7 Å². The summed E-state index contributed by atoms with van der Waals surface area (Å²) in [5.74, 6) is 5.59. The molecule has 0 N–H and O–H groups in total. The predicted octanol–water partition coefficient (Wildman–Crippen LogP) is 1.06. The molecule has 24 nitrogen and oxygen atoms in total. The molecule has 0 aromatic carbocycles. The van der Waals surface area contributed by atoms with E-state index in [1.165, 1.54) is 0 Å². The molecular weight excluding hydrogens is 864 g/mol. The van der Waals surface area contributed by atoms with Crippen LogP contribution >= 0.6 is 0 Å². The molecule has 0 saturated carbocycles. The van der Waals surface area contributed by atoms with Crippen molar-refractivity contribution in [1.82, 2.24) is 84.6 Å². The van der Waals surface area contributed by atoms with Crippen LogP contribution in [0.4, 0.5) is 0 Å². The summed E-state index contributed by atoms with van der Waals surface area (Å²) in [5.41, 5.74) is 46.0. The first-order valence-corrected chi connectivity index (χ1v) is 12.4. The maximum atomic E-state index is 7.25. The summed E-state index contributed by atoms with van der Waals surface area (Å²) in [5, 5.41) is 0. The van der Waals surface area contributed by atoms with Gasteiger partial charge < -0.3 is 39.9 Å². The number of aromatic nitrogens is 8. The Morgan fingerprint density at radius 3 is 0.481 bits per heavy atom. The van der Waals surface area contributed by atoms with Crippen LogP contribution in [0.15, 0.2) is 49.6 Å². The van der Waals surface area contributed by atoms with Crippen molar-refractivity contribution in [2.45, 2.75) is 79.1 Å². The van der Waals surface area contributed by atoms with Crippen molar-refractivity contribution in [3.63, 3.8) is 0 Å². The van der Waals surface area contributed by atoms with Gasteiger partial charge in [0, 0.05) is 68.3 Å². The Hall–Kier alpha value is -4.28. The van der Waals surface area contributed by atoms with Crippen LogP contribution in [-0.4, -0.2) is 19.9 Å². The van der Waals surface area contributed by atoms with Gasteiger partial charge >= 0.3 is 0 Å². The van der Waals surface area contributed by atoms with Crippen LogP contribution in [0, 0.1) is 39.3 Å². The molecular formula is C24H36Fe4N16O8-4. The van der Waals surface area contributed by atoms with Crippen molar-refractivity contribution in [3.8, 4) is 0 Å². The topological polar surface area (TPSA) is 423 Å². The minimum Gasteiger partial charge on any atom is -0.446 e. The summed E-state index contributed by atoms with van der Waals surface area (Å²) in [4.78, 5) is 90.0. The van der Waals surface area contributed by atoms with Gasteiger partial charge in [0.2, 0.25) is 0 Å². The Labute approximate surface area is 342 Å². The van der Waals surface area contributed by atoms with E-state index in [2.05, 4.69) is 95.3 Å². The van der Waals surface area contributed by atoms with Crippen molar-refractivity contribution in [3.05, 3.63) is 112 Å². The third-order valence-corrected chi connectivity index (χ3v) is 3.99. The standard InChI is InChI=1S/4C6H9N2.4Fe.8NO/c4*1-5(2)6-7-3-4-8-6;;;;;8*1-2/h4*3-5H,1-2H3;;;;;;;;;;;;/q4*-1;;;;;;;;;;;;. The second-order valence-electron chi connectivity index (χ2n) is 8.28. The van der Waals surface area contributed by atoms with E-state index in [1.54, 1.807) is 49.6 Å². The molecule has 4 aromatic heterocycles. The predicted molar refractivity (Wildman–Crippen MR) is 171 cm³/mol. The van der Waals surface area contributed by atoms with Crippen molar-refractivity contribution in [2.24, 2.45) is 0 Å². The Morgan fingerprint density at radius 2 is 0.442 bits per heavy atom. The molecule has 4 heterocycles. The molecule has 0 amide bonds. The summed E-state index contributed by atoms with van der Waals surface area (Å²) in [7, 11) is 0. The maximum Gasteiger partial charge on any atom is 0.120 e. The Morgan fingerprint density at radius 1 is 0.327 bits per heavy atom. The van der Waals surface area contributed by atoms with Gasteiger partial charge in [0.05, 0.1) is 0 Å². The van der Waals surface area contributed by atoms with Gasteiger partial charge in [-0.2, -0.15) is 0 Å². The second-order valence-corrected chi connectivity index (χ2v) is 8.28. The Bertz CT molecular complexity index is 884. The van der Waals surface area contributed by atoms with E-state index in [1.807, 2.05) is 0 Å². The average molecular weight is 900 g/mol. The molecule has 8 radical (unpaired) electrons. The van der Waals surface area contributed by atoms with Gasteiger partial charge in [-0.3, -0.25) is 0 Å². The molecule has 0 bridgehead atoms. The monoisotopic (exact) mass is 900 g/mol. The van der Waals surface area contributed by atoms with Crippen LogP contribution in [0.25, 0.3) is 0 Å². The molecule has 0 unspecified atom stereocenters. The van der Waals surface area contributed by atoms with E-state index in [0.717, 1.165) is 23.3 Å². The zero-order valence-corrected chi connectivity index (χ0v) is 33.2. The summed E-state index contributed by atoms with van der Waals surface area (Å²) < 4.78 is 0. The summed E-state index contributed by atoms with van der Waals surface area (Å²) >= 11 is 0. The van der Waals surface area contributed by atoms with E-state index in [-0.39, 0.29) is 68.3 Å². The van der Waals surface area contributed by atoms with Gasteiger partial charge in [-0.25, -0.2) is 0 Å². The molecule has 28 heteroatoms. The molecule has 0 fully saturated rings. The summed E-state index contributed by atoms with van der Waals surface area (Å²) in [6, 6.07) is 0. The number of nitrogens with zero attached hydrogens (tertiary/aromatic N) is 16. The molecule has 0 saturated heterocycles. The van der Waals surface area contributed by atoms with Crippen molar-refractivity contribution in [1.29, 1.82) is 0 Å². The number of rotatable bonds is 4. The van der Waals surface area contributed by atoms with Gasteiger partial charge in [0.1, 0.15) is 44.8 Å². The Kier molecular flexibility index (Phi) is 120. The van der Waals surface area contributed by atoms with E-state index in [4.69, 9.17) is 84.0 Å². The minimum absolute atomic E-state index is 0. The largest absolute Gasteiger partial charge is 0.446 e. The Balaban J connectivity index is -0.0000000355. The average Bonchev–Trinajstić information content (AvgIpc) is 4.01. The van der Waals surface area contributed by atoms with Gasteiger partial charge in [0.25, 0.3) is 0 Å². The third-order valence-electron chi connectivity index (χ3n) is 3.99. The van der Waals surface area contributed by atoms with E-state index >= 15 is 0 Å². The normalized spacial score (nSPS) is 7.00. The molecule has 0 aliphatic carbocycles. The molecule has 52 heavy (non-hydrogen) atoms. The van der Waals surface area contributed by atoms with Crippen LogP contribution in [-0.2, 0) is 68.3 Å². The zero-order valence-electron chi connectivity index (χ0n) is 28.8. The molecule has 0 aliphatic heterocycles. The number of hydrogen-bond donors (Lipinski definition) is 0. The number of nitroso groups, excluding NO2 is 8. The summed E-state index contributed by atoms with van der Waals surface area (Å²) in [6.07, 6.45) is 13.7. The van der Waals surface area contributed by atoms with Gasteiger partial charge in [-0.05, 0) is 23.7 Å². The molecule has 0 aliphatic rings. The van der Waals surface area contributed by atoms with Crippen molar-refractivity contribution in [2.75, 3.05) is 0 Å². The van der Waals surface area contributed by atoms with Crippen molar-refractivity contribution < 1.29 is 68.3 Å². The fourth-order valence-corrected chi connectivity index (χ4v) is 2.20.